The van der Waals surface area contributed by atoms with Crippen LogP contribution in [-0.4, -0.2) is 13.1 Å². The molecule has 1 aromatic rings. The van der Waals surface area contributed by atoms with Gasteiger partial charge in [0.25, 0.3) is 0 Å². The summed E-state index contributed by atoms with van der Waals surface area (Å²) in [6.45, 7) is 3.94. The second-order valence-electron chi connectivity index (χ2n) is 4.40. The SMILES string of the molecule is Cc1ccc(C(F)C2CCNCC2)cc1. The van der Waals surface area contributed by atoms with Crippen molar-refractivity contribution in [3.05, 3.63) is 35.4 Å². The molecule has 0 radical (unpaired) electrons. The summed E-state index contributed by atoms with van der Waals surface area (Å²) >= 11 is 0. The van der Waals surface area contributed by atoms with Crippen molar-refractivity contribution in [1.82, 2.24) is 5.32 Å². The van der Waals surface area contributed by atoms with E-state index in [2.05, 4.69) is 5.32 Å². The maximum Gasteiger partial charge on any atom is 0.128 e. The van der Waals surface area contributed by atoms with Crippen LogP contribution in [0.1, 0.15) is 30.1 Å². The van der Waals surface area contributed by atoms with Crippen LogP contribution in [0.15, 0.2) is 24.3 Å². The van der Waals surface area contributed by atoms with Crippen LogP contribution in [0.2, 0.25) is 0 Å². The number of nitrogens with one attached hydrogen (secondary N) is 1. The molecule has 0 saturated carbocycles. The number of hydrogen-bond donors (Lipinski definition) is 1. The van der Waals surface area contributed by atoms with Crippen LogP contribution in [0.5, 0.6) is 0 Å². The maximum absolute atomic E-state index is 14.1. The van der Waals surface area contributed by atoms with Crippen molar-refractivity contribution in [2.75, 3.05) is 13.1 Å². The Hall–Kier alpha value is -0.890. The van der Waals surface area contributed by atoms with E-state index in [-0.39, 0.29) is 5.92 Å². The highest BCUT2D eigenvalue weighted by atomic mass is 19.1. The van der Waals surface area contributed by atoms with Gasteiger partial charge in [0.1, 0.15) is 6.17 Å². The second-order valence-corrected chi connectivity index (χ2v) is 4.40. The molecule has 1 atom stereocenters. The molecular formula is C13H18FN. The number of rotatable bonds is 2. The zero-order valence-electron chi connectivity index (χ0n) is 9.17. The minimum Gasteiger partial charge on any atom is -0.317 e. The van der Waals surface area contributed by atoms with Crippen molar-refractivity contribution in [2.45, 2.75) is 25.9 Å². The number of aryl methyl sites for hydroxylation is 1. The Morgan fingerprint density at radius 2 is 1.80 bits per heavy atom. The highest BCUT2D eigenvalue weighted by molar-refractivity contribution is 5.23. The number of halogens is 1. The summed E-state index contributed by atoms with van der Waals surface area (Å²) in [5, 5.41) is 3.26. The van der Waals surface area contributed by atoms with Crippen LogP contribution in [-0.2, 0) is 0 Å². The molecule has 1 N–H and O–H groups in total. The second kappa shape index (κ2) is 4.75. The molecule has 2 heteroatoms. The van der Waals surface area contributed by atoms with Gasteiger partial charge >= 0.3 is 0 Å². The standard InChI is InChI=1S/C13H18FN/c1-10-2-4-11(5-3-10)13(14)12-6-8-15-9-7-12/h2-5,12-13,15H,6-9H2,1H3. The molecule has 1 heterocycles. The molecule has 82 valence electrons. The molecule has 1 fully saturated rings. The van der Waals surface area contributed by atoms with Crippen LogP contribution in [0.25, 0.3) is 0 Å². The highest BCUT2D eigenvalue weighted by Crippen LogP contribution is 2.32. The van der Waals surface area contributed by atoms with Gasteiger partial charge in [-0.05, 0) is 44.3 Å². The normalized spacial score (nSPS) is 20.1. The molecule has 0 aliphatic carbocycles. The summed E-state index contributed by atoms with van der Waals surface area (Å²) in [6, 6.07) is 7.82. The molecule has 2 rings (SSSR count). The first-order valence-corrected chi connectivity index (χ1v) is 5.69. The van der Waals surface area contributed by atoms with Crippen LogP contribution < -0.4 is 5.32 Å². The molecular weight excluding hydrogens is 189 g/mol. The van der Waals surface area contributed by atoms with Gasteiger partial charge in [0.15, 0.2) is 0 Å². The Labute approximate surface area is 90.7 Å². The third kappa shape index (κ3) is 2.57. The molecule has 0 aromatic heterocycles. The molecule has 1 aromatic carbocycles. The fourth-order valence-corrected chi connectivity index (χ4v) is 2.16. The maximum atomic E-state index is 14.1. The molecule has 1 unspecified atom stereocenters. The number of hydrogen-bond acceptors (Lipinski definition) is 1. The van der Waals surface area contributed by atoms with E-state index in [0.717, 1.165) is 31.5 Å². The average Bonchev–Trinajstić information content (AvgIpc) is 2.30. The summed E-state index contributed by atoms with van der Waals surface area (Å²) in [6.07, 6.45) is 1.12. The summed E-state index contributed by atoms with van der Waals surface area (Å²) in [4.78, 5) is 0. The zero-order chi connectivity index (χ0) is 10.7. The van der Waals surface area contributed by atoms with Gasteiger partial charge in [0.05, 0.1) is 0 Å². The van der Waals surface area contributed by atoms with Gasteiger partial charge < -0.3 is 5.32 Å². The Morgan fingerprint density at radius 1 is 1.20 bits per heavy atom. The number of piperidine rings is 1. The van der Waals surface area contributed by atoms with Gasteiger partial charge in [0.2, 0.25) is 0 Å². The smallest absolute Gasteiger partial charge is 0.128 e. The van der Waals surface area contributed by atoms with Crippen LogP contribution >= 0.6 is 0 Å². The van der Waals surface area contributed by atoms with Gasteiger partial charge in [-0.2, -0.15) is 0 Å². The van der Waals surface area contributed by atoms with Gasteiger partial charge in [0, 0.05) is 0 Å². The third-order valence-electron chi connectivity index (χ3n) is 3.19. The van der Waals surface area contributed by atoms with Crippen molar-refractivity contribution in [3.63, 3.8) is 0 Å². The quantitative estimate of drug-likeness (QED) is 0.786. The fraction of sp³-hybridized carbons (Fsp3) is 0.538. The van der Waals surface area contributed by atoms with Crippen molar-refractivity contribution >= 4 is 0 Å². The molecule has 0 bridgehead atoms. The molecule has 1 saturated heterocycles. The molecule has 1 aliphatic rings. The first kappa shape index (κ1) is 10.6. The predicted octanol–water partition coefficient (Wildman–Crippen LogP) is 3.01. The van der Waals surface area contributed by atoms with Crippen molar-refractivity contribution < 1.29 is 4.39 Å². The molecule has 1 aliphatic heterocycles. The summed E-state index contributed by atoms with van der Waals surface area (Å²) in [7, 11) is 0. The fourth-order valence-electron chi connectivity index (χ4n) is 2.16. The monoisotopic (exact) mass is 207 g/mol. The summed E-state index contributed by atoms with van der Waals surface area (Å²) < 4.78 is 14.1. The van der Waals surface area contributed by atoms with E-state index in [1.807, 2.05) is 31.2 Å². The van der Waals surface area contributed by atoms with Gasteiger partial charge in [-0.25, -0.2) is 4.39 Å². The van der Waals surface area contributed by atoms with E-state index in [9.17, 15) is 4.39 Å². The summed E-state index contributed by atoms with van der Waals surface area (Å²) in [5.41, 5.74) is 2.03. The molecule has 0 amide bonds. The summed E-state index contributed by atoms with van der Waals surface area (Å²) in [5.74, 6) is 0.203. The molecule has 15 heavy (non-hydrogen) atoms. The Bertz CT molecular complexity index is 301. The van der Waals surface area contributed by atoms with E-state index < -0.39 is 6.17 Å². The Kier molecular flexibility index (Phi) is 3.37. The van der Waals surface area contributed by atoms with Gasteiger partial charge in [-0.15, -0.1) is 0 Å². The average molecular weight is 207 g/mol. The minimum atomic E-state index is -0.785. The van der Waals surface area contributed by atoms with Crippen molar-refractivity contribution in [2.24, 2.45) is 5.92 Å². The first-order chi connectivity index (χ1) is 7.27. The third-order valence-corrected chi connectivity index (χ3v) is 3.19. The topological polar surface area (TPSA) is 12.0 Å². The van der Waals surface area contributed by atoms with Gasteiger partial charge in [-0.3, -0.25) is 0 Å². The van der Waals surface area contributed by atoms with E-state index >= 15 is 0 Å². The van der Waals surface area contributed by atoms with Crippen LogP contribution in [0.3, 0.4) is 0 Å². The first-order valence-electron chi connectivity index (χ1n) is 5.69. The number of benzene rings is 1. The highest BCUT2D eigenvalue weighted by Gasteiger charge is 2.24. The van der Waals surface area contributed by atoms with E-state index in [4.69, 9.17) is 0 Å². The van der Waals surface area contributed by atoms with Crippen LogP contribution in [0, 0.1) is 12.8 Å². The lowest BCUT2D eigenvalue weighted by Crippen LogP contribution is -2.29. The largest absolute Gasteiger partial charge is 0.317 e. The minimum absolute atomic E-state index is 0.203. The predicted molar refractivity (Wildman–Crippen MR) is 60.6 cm³/mol. The zero-order valence-corrected chi connectivity index (χ0v) is 9.17. The Balaban J connectivity index is 2.05. The number of alkyl halides is 1. The van der Waals surface area contributed by atoms with Crippen molar-refractivity contribution in [1.29, 1.82) is 0 Å². The van der Waals surface area contributed by atoms with Crippen LogP contribution in [0.4, 0.5) is 4.39 Å². The molecule has 0 spiro atoms. The lowest BCUT2D eigenvalue weighted by Gasteiger charge is -2.25. The van der Waals surface area contributed by atoms with Crippen molar-refractivity contribution in [3.8, 4) is 0 Å². The van der Waals surface area contributed by atoms with E-state index in [1.54, 1.807) is 0 Å². The lowest BCUT2D eigenvalue weighted by molar-refractivity contribution is 0.190. The van der Waals surface area contributed by atoms with E-state index in [1.165, 1.54) is 5.56 Å². The lowest BCUT2D eigenvalue weighted by atomic mass is 9.89. The molecule has 1 nitrogen and oxygen atoms in total. The Morgan fingerprint density at radius 3 is 2.40 bits per heavy atom. The van der Waals surface area contributed by atoms with Gasteiger partial charge in [-0.1, -0.05) is 29.8 Å². The van der Waals surface area contributed by atoms with E-state index in [0.29, 0.717) is 0 Å².